The van der Waals surface area contributed by atoms with Crippen LogP contribution >= 0.6 is 11.3 Å². The van der Waals surface area contributed by atoms with Crippen LogP contribution in [0.2, 0.25) is 0 Å². The summed E-state index contributed by atoms with van der Waals surface area (Å²) in [5.74, 6) is 0. The minimum atomic E-state index is 0.675. The first-order valence-corrected chi connectivity index (χ1v) is 9.37. The Hall–Kier alpha value is -3.03. The maximum absolute atomic E-state index is 9.61. The van der Waals surface area contributed by atoms with Gasteiger partial charge in [0.05, 0.1) is 22.6 Å². The van der Waals surface area contributed by atoms with Gasteiger partial charge in [-0.05, 0) is 25.1 Å². The molecular weight excluding hydrogens is 338 g/mol. The lowest BCUT2D eigenvalue weighted by molar-refractivity contribution is -0.656. The first kappa shape index (κ1) is 16.4. The summed E-state index contributed by atoms with van der Waals surface area (Å²) in [7, 11) is 2.04. The number of pyridine rings is 1. The summed E-state index contributed by atoms with van der Waals surface area (Å²) >= 11 is 1.69. The van der Waals surface area contributed by atoms with E-state index in [4.69, 9.17) is 0 Å². The van der Waals surface area contributed by atoms with E-state index in [1.54, 1.807) is 11.3 Å². The van der Waals surface area contributed by atoms with Crippen LogP contribution in [0.3, 0.4) is 0 Å². The van der Waals surface area contributed by atoms with Gasteiger partial charge in [-0.25, -0.2) is 0 Å². The zero-order valence-corrected chi connectivity index (χ0v) is 15.8. The Kier molecular flexibility index (Phi) is 4.02. The van der Waals surface area contributed by atoms with Gasteiger partial charge in [0.15, 0.2) is 11.9 Å². The lowest BCUT2D eigenvalue weighted by atomic mass is 10.0. The predicted octanol–water partition coefficient (Wildman–Crippen LogP) is 4.16. The van der Waals surface area contributed by atoms with Crippen molar-refractivity contribution in [2.24, 2.45) is 7.05 Å². The second-order valence-corrected chi connectivity index (χ2v) is 7.36. The largest absolute Gasteiger partial charge is 0.269 e. The number of aromatic nitrogens is 2. The fourth-order valence-electron chi connectivity index (χ4n) is 3.44. The van der Waals surface area contributed by atoms with Crippen molar-refractivity contribution in [2.75, 3.05) is 0 Å². The average Bonchev–Trinajstić information content (AvgIpc) is 3.08. The third-order valence-electron chi connectivity index (χ3n) is 4.80. The quantitative estimate of drug-likeness (QED) is 0.496. The molecule has 2 aromatic carbocycles. The highest BCUT2D eigenvalue weighted by atomic mass is 32.1. The fraction of sp³-hybridized carbons (Fsp3) is 0.136. The molecule has 4 rings (SSSR count). The summed E-state index contributed by atoms with van der Waals surface area (Å²) in [6, 6.07) is 19.0. The van der Waals surface area contributed by atoms with Crippen LogP contribution < -0.4 is 9.13 Å². The number of thiazole rings is 1. The maximum atomic E-state index is 9.61. The molecule has 0 radical (unpaired) electrons. The minimum absolute atomic E-state index is 0.675. The van der Waals surface area contributed by atoms with Gasteiger partial charge < -0.3 is 0 Å². The first-order valence-electron chi connectivity index (χ1n) is 8.49. The molecule has 0 saturated carbocycles. The van der Waals surface area contributed by atoms with E-state index in [-0.39, 0.29) is 0 Å². The van der Waals surface area contributed by atoms with Crippen molar-refractivity contribution in [3.63, 3.8) is 0 Å². The van der Waals surface area contributed by atoms with Crippen LogP contribution in [0.4, 0.5) is 0 Å². The molecular formula is C22H19N3S+2. The molecule has 0 fully saturated rings. The molecule has 0 amide bonds. The van der Waals surface area contributed by atoms with Crippen molar-refractivity contribution in [3.8, 4) is 22.3 Å². The molecule has 4 heteroatoms. The van der Waals surface area contributed by atoms with Crippen molar-refractivity contribution < 1.29 is 9.13 Å². The second-order valence-electron chi connectivity index (χ2n) is 6.47. The Labute approximate surface area is 157 Å². The number of nitriles is 1. The van der Waals surface area contributed by atoms with Crippen LogP contribution in [0.25, 0.3) is 27.2 Å². The van der Waals surface area contributed by atoms with E-state index < -0.39 is 0 Å². The van der Waals surface area contributed by atoms with E-state index in [1.165, 1.54) is 10.9 Å². The highest BCUT2D eigenvalue weighted by Crippen LogP contribution is 2.29. The molecule has 126 valence electrons. The fourth-order valence-corrected chi connectivity index (χ4v) is 4.37. The molecule has 0 aliphatic rings. The Morgan fingerprint density at radius 1 is 1.04 bits per heavy atom. The van der Waals surface area contributed by atoms with Gasteiger partial charge in [-0.3, -0.25) is 0 Å². The van der Waals surface area contributed by atoms with Crippen molar-refractivity contribution in [2.45, 2.75) is 13.8 Å². The van der Waals surface area contributed by atoms with Gasteiger partial charge >= 0.3 is 0 Å². The number of fused-ring (bicyclic) bond motifs is 1. The maximum Gasteiger partial charge on any atom is 0.269 e. The van der Waals surface area contributed by atoms with Crippen LogP contribution in [0.5, 0.6) is 0 Å². The average molecular weight is 357 g/mol. The molecule has 0 N–H and O–H groups in total. The molecule has 0 aliphatic heterocycles. The zero-order valence-electron chi connectivity index (χ0n) is 15.0. The van der Waals surface area contributed by atoms with Gasteiger partial charge in [0.25, 0.3) is 5.01 Å². The van der Waals surface area contributed by atoms with Crippen molar-refractivity contribution in [3.05, 3.63) is 76.9 Å². The second kappa shape index (κ2) is 6.36. The monoisotopic (exact) mass is 357 g/mol. The molecule has 0 bridgehead atoms. The van der Waals surface area contributed by atoms with Gasteiger partial charge in [0, 0.05) is 36.1 Å². The van der Waals surface area contributed by atoms with E-state index in [9.17, 15) is 5.26 Å². The molecule has 2 heterocycles. The highest BCUT2D eigenvalue weighted by molar-refractivity contribution is 7.12. The standard InChI is InChI=1S/C22H19N3S/c1-15-8-9-18-6-4-5-7-20(18)25(15)21-13-17(14-23)12-19(16(21)2)22-24(3)10-11-26-22/h4-13H,1-3H3/q+2. The molecule has 26 heavy (non-hydrogen) atoms. The van der Waals surface area contributed by atoms with E-state index in [0.717, 1.165) is 27.5 Å². The minimum Gasteiger partial charge on any atom is -0.192 e. The molecule has 4 aromatic rings. The van der Waals surface area contributed by atoms with E-state index in [0.29, 0.717) is 5.56 Å². The number of aryl methyl sites for hydroxylation is 2. The van der Waals surface area contributed by atoms with Crippen molar-refractivity contribution in [1.29, 1.82) is 5.26 Å². The summed E-state index contributed by atoms with van der Waals surface area (Å²) in [4.78, 5) is 0. The Morgan fingerprint density at radius 3 is 2.58 bits per heavy atom. The van der Waals surface area contributed by atoms with Crippen LogP contribution in [-0.2, 0) is 7.05 Å². The third-order valence-corrected chi connectivity index (χ3v) is 5.79. The zero-order chi connectivity index (χ0) is 18.3. The van der Waals surface area contributed by atoms with Crippen LogP contribution in [0.1, 0.15) is 16.8 Å². The molecule has 3 nitrogen and oxygen atoms in total. The Morgan fingerprint density at radius 2 is 1.85 bits per heavy atom. The van der Waals surface area contributed by atoms with Crippen LogP contribution in [0, 0.1) is 25.2 Å². The summed E-state index contributed by atoms with van der Waals surface area (Å²) in [5, 5.41) is 14.0. The van der Waals surface area contributed by atoms with E-state index in [2.05, 4.69) is 77.0 Å². The molecule has 0 atom stereocenters. The summed E-state index contributed by atoms with van der Waals surface area (Å²) in [6.07, 6.45) is 2.05. The topological polar surface area (TPSA) is 31.5 Å². The first-order chi connectivity index (χ1) is 12.6. The van der Waals surface area contributed by atoms with Crippen molar-refractivity contribution in [1.82, 2.24) is 0 Å². The smallest absolute Gasteiger partial charge is 0.192 e. The van der Waals surface area contributed by atoms with E-state index >= 15 is 0 Å². The summed E-state index contributed by atoms with van der Waals surface area (Å²) in [5.41, 5.74) is 6.30. The number of hydrogen-bond donors (Lipinski definition) is 0. The number of benzene rings is 2. The normalized spacial score (nSPS) is 10.8. The molecule has 0 spiro atoms. The predicted molar refractivity (Wildman–Crippen MR) is 104 cm³/mol. The lowest BCUT2D eigenvalue weighted by Crippen LogP contribution is -2.36. The number of nitrogens with zero attached hydrogens (tertiary/aromatic N) is 3. The van der Waals surface area contributed by atoms with Gasteiger partial charge in [-0.2, -0.15) is 14.4 Å². The molecule has 0 saturated heterocycles. The number of rotatable bonds is 2. The number of para-hydroxylation sites is 1. The van der Waals surface area contributed by atoms with Crippen LogP contribution in [0.15, 0.2) is 60.1 Å². The molecule has 2 aromatic heterocycles. The Bertz CT molecular complexity index is 1180. The van der Waals surface area contributed by atoms with Gasteiger partial charge in [0.2, 0.25) is 11.2 Å². The third kappa shape index (κ3) is 2.58. The summed E-state index contributed by atoms with van der Waals surface area (Å²) in [6.45, 7) is 4.25. The molecule has 0 aliphatic carbocycles. The van der Waals surface area contributed by atoms with Gasteiger partial charge in [-0.1, -0.05) is 23.5 Å². The SMILES string of the molecule is Cc1c(-c2scc[n+]2C)cc(C#N)cc1-[n+]1c(C)ccc2ccccc21. The van der Waals surface area contributed by atoms with Crippen LogP contribution in [-0.4, -0.2) is 0 Å². The van der Waals surface area contributed by atoms with Crippen molar-refractivity contribution >= 4 is 22.2 Å². The number of hydrogen-bond acceptors (Lipinski definition) is 2. The Balaban J connectivity index is 2.10. The highest BCUT2D eigenvalue weighted by Gasteiger charge is 2.25. The van der Waals surface area contributed by atoms with E-state index in [1.807, 2.05) is 19.2 Å². The van der Waals surface area contributed by atoms with Gasteiger partial charge in [0.1, 0.15) is 7.05 Å². The van der Waals surface area contributed by atoms with Gasteiger partial charge in [-0.15, -0.1) is 0 Å². The lowest BCUT2D eigenvalue weighted by Gasteiger charge is -2.09. The molecule has 0 unspecified atom stereocenters. The summed E-state index contributed by atoms with van der Waals surface area (Å²) < 4.78 is 4.36.